The van der Waals surface area contributed by atoms with E-state index in [-0.39, 0.29) is 11.3 Å². The lowest BCUT2D eigenvalue weighted by Crippen LogP contribution is -2.32. The van der Waals surface area contributed by atoms with Crippen molar-refractivity contribution in [2.75, 3.05) is 43.4 Å². The Balaban J connectivity index is 1.81. The van der Waals surface area contributed by atoms with Crippen LogP contribution in [0.2, 0.25) is 0 Å². The van der Waals surface area contributed by atoms with Gasteiger partial charge in [0.15, 0.2) is 11.5 Å². The second-order valence-corrected chi connectivity index (χ2v) is 8.17. The van der Waals surface area contributed by atoms with Crippen LogP contribution in [0.15, 0.2) is 72.4 Å². The van der Waals surface area contributed by atoms with Gasteiger partial charge < -0.3 is 19.7 Å². The highest BCUT2D eigenvalue weighted by atomic mass is 16.5. The summed E-state index contributed by atoms with van der Waals surface area (Å²) in [6, 6.07) is 20.1. The molecule has 1 N–H and O–H groups in total. The molecule has 0 fully saturated rings. The zero-order valence-electron chi connectivity index (χ0n) is 19.9. The highest BCUT2D eigenvalue weighted by Gasteiger charge is 2.40. The van der Waals surface area contributed by atoms with Gasteiger partial charge in [-0.25, -0.2) is 4.90 Å². The van der Waals surface area contributed by atoms with Crippen LogP contribution in [0.1, 0.15) is 11.1 Å². The van der Waals surface area contributed by atoms with Gasteiger partial charge in [0.2, 0.25) is 0 Å². The molecule has 0 spiro atoms. The molecule has 0 saturated heterocycles. The van der Waals surface area contributed by atoms with E-state index in [9.17, 15) is 9.59 Å². The number of nitrogens with zero attached hydrogens (tertiary/aromatic N) is 2. The second-order valence-electron chi connectivity index (χ2n) is 8.17. The molecule has 0 radical (unpaired) electrons. The van der Waals surface area contributed by atoms with E-state index >= 15 is 0 Å². The molecule has 0 atom stereocenters. The van der Waals surface area contributed by atoms with Gasteiger partial charge in [0.05, 0.1) is 25.5 Å². The Morgan fingerprint density at radius 2 is 1.44 bits per heavy atom. The van der Waals surface area contributed by atoms with Gasteiger partial charge in [-0.2, -0.15) is 0 Å². The van der Waals surface area contributed by atoms with E-state index in [2.05, 4.69) is 5.32 Å². The number of hydrogen-bond acceptors (Lipinski definition) is 6. The number of hydrogen-bond donors (Lipinski definition) is 1. The molecule has 7 heteroatoms. The summed E-state index contributed by atoms with van der Waals surface area (Å²) in [5.74, 6) is 0.174. The number of benzene rings is 3. The van der Waals surface area contributed by atoms with Crippen molar-refractivity contribution < 1.29 is 19.1 Å². The van der Waals surface area contributed by atoms with Crippen molar-refractivity contribution in [3.63, 3.8) is 0 Å². The Morgan fingerprint density at radius 1 is 0.794 bits per heavy atom. The fraction of sp³-hybridized carbons (Fsp3) is 0.185. The standard InChI is InChI=1S/C27H27N3O4/c1-17-6-11-21(12-7-17)30-26(31)24(18-8-15-22(33-4)23(16-18)34-5)25(27(30)32)28-19-9-13-20(14-10-19)29(2)3/h6-16,28H,1-5H3. The molecule has 0 bridgehead atoms. The minimum atomic E-state index is -0.421. The Hall–Kier alpha value is -4.26. The molecular formula is C27H27N3O4. The summed E-state index contributed by atoms with van der Waals surface area (Å²) in [6.07, 6.45) is 0. The molecule has 0 aliphatic carbocycles. The summed E-state index contributed by atoms with van der Waals surface area (Å²) in [7, 11) is 6.99. The van der Waals surface area contributed by atoms with Crippen LogP contribution < -0.4 is 24.6 Å². The first-order chi connectivity index (χ1) is 16.3. The number of ether oxygens (including phenoxy) is 2. The van der Waals surface area contributed by atoms with Crippen molar-refractivity contribution in [1.29, 1.82) is 0 Å². The third kappa shape index (κ3) is 4.20. The molecule has 1 aliphatic rings. The van der Waals surface area contributed by atoms with E-state index in [0.29, 0.717) is 28.4 Å². The van der Waals surface area contributed by atoms with Crippen LogP contribution in [0, 0.1) is 6.92 Å². The van der Waals surface area contributed by atoms with E-state index in [4.69, 9.17) is 9.47 Å². The summed E-state index contributed by atoms with van der Waals surface area (Å²) in [5.41, 5.74) is 4.30. The lowest BCUT2D eigenvalue weighted by Gasteiger charge is -2.16. The van der Waals surface area contributed by atoms with Gasteiger partial charge in [-0.1, -0.05) is 23.8 Å². The quantitative estimate of drug-likeness (QED) is 0.528. The largest absolute Gasteiger partial charge is 0.493 e. The van der Waals surface area contributed by atoms with Gasteiger partial charge >= 0.3 is 0 Å². The van der Waals surface area contributed by atoms with Crippen molar-refractivity contribution >= 4 is 34.4 Å². The zero-order chi connectivity index (χ0) is 24.4. The fourth-order valence-corrected chi connectivity index (χ4v) is 3.82. The maximum Gasteiger partial charge on any atom is 0.282 e. The topological polar surface area (TPSA) is 71.1 Å². The van der Waals surface area contributed by atoms with Crippen LogP contribution >= 0.6 is 0 Å². The predicted octanol–water partition coefficient (Wildman–Crippen LogP) is 4.47. The first-order valence-electron chi connectivity index (χ1n) is 10.8. The molecule has 2 amide bonds. The predicted molar refractivity (Wildman–Crippen MR) is 135 cm³/mol. The lowest BCUT2D eigenvalue weighted by molar-refractivity contribution is -0.120. The molecule has 4 rings (SSSR count). The van der Waals surface area contributed by atoms with Crippen LogP contribution in [0.4, 0.5) is 17.1 Å². The number of aryl methyl sites for hydroxylation is 1. The third-order valence-electron chi connectivity index (χ3n) is 5.70. The zero-order valence-corrected chi connectivity index (χ0v) is 19.9. The highest BCUT2D eigenvalue weighted by Crippen LogP contribution is 2.37. The maximum atomic E-state index is 13.6. The van der Waals surface area contributed by atoms with Crippen molar-refractivity contribution in [3.05, 3.63) is 83.6 Å². The van der Waals surface area contributed by atoms with E-state index in [1.807, 2.05) is 62.3 Å². The summed E-state index contributed by atoms with van der Waals surface area (Å²) in [4.78, 5) is 30.4. The first-order valence-corrected chi connectivity index (χ1v) is 10.8. The Labute approximate surface area is 199 Å². The van der Waals surface area contributed by atoms with Crippen molar-refractivity contribution in [1.82, 2.24) is 0 Å². The summed E-state index contributed by atoms with van der Waals surface area (Å²) in [5, 5.41) is 3.19. The maximum absolute atomic E-state index is 13.6. The van der Waals surface area contributed by atoms with Crippen LogP contribution in [0.3, 0.4) is 0 Å². The number of carbonyl (C=O) groups excluding carboxylic acids is 2. The Bertz CT molecular complexity index is 1260. The van der Waals surface area contributed by atoms with Crippen LogP contribution in [-0.2, 0) is 9.59 Å². The number of imide groups is 1. The summed E-state index contributed by atoms with van der Waals surface area (Å²) in [6.45, 7) is 1.95. The molecule has 1 aliphatic heterocycles. The van der Waals surface area contributed by atoms with Gasteiger partial charge in [-0.3, -0.25) is 9.59 Å². The number of nitrogens with one attached hydrogen (secondary N) is 1. The molecule has 0 saturated carbocycles. The molecule has 1 heterocycles. The monoisotopic (exact) mass is 457 g/mol. The molecular weight excluding hydrogens is 430 g/mol. The highest BCUT2D eigenvalue weighted by molar-refractivity contribution is 6.46. The summed E-state index contributed by atoms with van der Waals surface area (Å²) < 4.78 is 10.8. The minimum Gasteiger partial charge on any atom is -0.493 e. The van der Waals surface area contributed by atoms with Gasteiger partial charge in [-0.05, 0) is 61.0 Å². The average Bonchev–Trinajstić information content (AvgIpc) is 3.08. The van der Waals surface area contributed by atoms with Crippen molar-refractivity contribution in [2.24, 2.45) is 0 Å². The SMILES string of the molecule is COc1ccc(C2=C(Nc3ccc(N(C)C)cc3)C(=O)N(c3ccc(C)cc3)C2=O)cc1OC. The van der Waals surface area contributed by atoms with Gasteiger partial charge in [0.25, 0.3) is 11.8 Å². The molecule has 0 unspecified atom stereocenters. The Kier molecular flexibility index (Phi) is 6.27. The van der Waals surface area contributed by atoms with E-state index in [0.717, 1.165) is 11.3 Å². The van der Waals surface area contributed by atoms with Crippen LogP contribution in [0.25, 0.3) is 5.57 Å². The molecule has 7 nitrogen and oxygen atoms in total. The molecule has 174 valence electrons. The number of methoxy groups -OCH3 is 2. The number of anilines is 3. The number of amides is 2. The van der Waals surface area contributed by atoms with E-state index in [1.54, 1.807) is 37.4 Å². The van der Waals surface area contributed by atoms with Crippen molar-refractivity contribution in [2.45, 2.75) is 6.92 Å². The smallest absolute Gasteiger partial charge is 0.282 e. The van der Waals surface area contributed by atoms with E-state index in [1.165, 1.54) is 12.0 Å². The fourth-order valence-electron chi connectivity index (χ4n) is 3.82. The average molecular weight is 458 g/mol. The lowest BCUT2D eigenvalue weighted by atomic mass is 10.0. The first kappa shape index (κ1) is 22.9. The van der Waals surface area contributed by atoms with E-state index < -0.39 is 11.8 Å². The Morgan fingerprint density at radius 3 is 2.03 bits per heavy atom. The van der Waals surface area contributed by atoms with Gasteiger partial charge in [0.1, 0.15) is 5.70 Å². The van der Waals surface area contributed by atoms with Crippen LogP contribution in [0.5, 0.6) is 11.5 Å². The summed E-state index contributed by atoms with van der Waals surface area (Å²) >= 11 is 0. The molecule has 0 aromatic heterocycles. The van der Waals surface area contributed by atoms with Gasteiger partial charge in [-0.15, -0.1) is 0 Å². The van der Waals surface area contributed by atoms with Gasteiger partial charge in [0, 0.05) is 25.5 Å². The second kappa shape index (κ2) is 9.31. The normalized spacial score (nSPS) is 13.4. The number of rotatable bonds is 7. The van der Waals surface area contributed by atoms with Crippen molar-refractivity contribution in [3.8, 4) is 11.5 Å². The molecule has 3 aromatic carbocycles. The van der Waals surface area contributed by atoms with Crippen LogP contribution in [-0.4, -0.2) is 40.1 Å². The molecule has 34 heavy (non-hydrogen) atoms. The minimum absolute atomic E-state index is 0.204. The molecule has 3 aromatic rings. The third-order valence-corrected chi connectivity index (χ3v) is 5.70. The number of carbonyl (C=O) groups is 2.